The minimum Gasteiger partial charge on any atom is -0.361 e. The van der Waals surface area contributed by atoms with Crippen LogP contribution in [0.1, 0.15) is 59.2 Å². The van der Waals surface area contributed by atoms with Gasteiger partial charge in [-0.05, 0) is 55.5 Å². The minimum atomic E-state index is -5.07. The lowest BCUT2D eigenvalue weighted by atomic mass is 9.98. The van der Waals surface area contributed by atoms with Crippen molar-refractivity contribution in [3.05, 3.63) is 70.9 Å². The van der Waals surface area contributed by atoms with Crippen LogP contribution in [0.4, 0.5) is 26.3 Å². The Balaban J connectivity index is 0.00000270. The smallest absolute Gasteiger partial charge is 0.361 e. The van der Waals surface area contributed by atoms with Crippen LogP contribution in [0, 0.1) is 0 Å². The van der Waals surface area contributed by atoms with Crippen LogP contribution in [0.15, 0.2) is 48.7 Å². The number of carbonyl (C=O) groups excluding carboxylic acids is 2. The fourth-order valence-corrected chi connectivity index (χ4v) is 7.55. The van der Waals surface area contributed by atoms with Crippen LogP contribution in [-0.2, 0) is 23.6 Å². The summed E-state index contributed by atoms with van der Waals surface area (Å²) in [7, 11) is 0. The highest BCUT2D eigenvalue weighted by Gasteiger charge is 2.40. The first-order chi connectivity index (χ1) is 22.4. The second-order valence-corrected chi connectivity index (χ2v) is 13.1. The number of aromatic nitrogens is 1. The maximum atomic E-state index is 13.8. The van der Waals surface area contributed by atoms with E-state index in [4.69, 9.17) is 0 Å². The third kappa shape index (κ3) is 9.03. The van der Waals surface area contributed by atoms with Gasteiger partial charge in [-0.15, -0.1) is 24.8 Å². The van der Waals surface area contributed by atoms with Crippen molar-refractivity contribution in [1.82, 2.24) is 19.7 Å². The molecule has 6 rings (SSSR count). The van der Waals surface area contributed by atoms with Crippen molar-refractivity contribution in [1.29, 1.82) is 0 Å². The van der Waals surface area contributed by atoms with Gasteiger partial charge in [0.25, 0.3) is 5.91 Å². The van der Waals surface area contributed by atoms with Crippen molar-refractivity contribution in [2.45, 2.75) is 63.0 Å². The van der Waals surface area contributed by atoms with Gasteiger partial charge in [0.05, 0.1) is 36.8 Å². The first kappa shape index (κ1) is 38.8. The molecule has 2 N–H and O–H groups in total. The molecule has 270 valence electrons. The quantitative estimate of drug-likeness (QED) is 0.330. The Morgan fingerprint density at radius 1 is 0.837 bits per heavy atom. The van der Waals surface area contributed by atoms with Gasteiger partial charge in [-0.25, -0.2) is 0 Å². The number of halogens is 8. The van der Waals surface area contributed by atoms with Gasteiger partial charge < -0.3 is 19.7 Å². The number of hydrogen-bond acceptors (Lipinski definition) is 3. The summed E-state index contributed by atoms with van der Waals surface area (Å²) < 4.78 is 81.7. The number of fused-ring (bicyclic) bond motifs is 1. The van der Waals surface area contributed by atoms with E-state index in [2.05, 4.69) is 4.98 Å². The van der Waals surface area contributed by atoms with E-state index in [-0.39, 0.29) is 63.0 Å². The molecule has 0 radical (unpaired) electrons. The lowest BCUT2D eigenvalue weighted by Crippen LogP contribution is -3.16. The fourth-order valence-electron chi connectivity index (χ4n) is 7.55. The summed E-state index contributed by atoms with van der Waals surface area (Å²) in [5, 5.41) is 0.908. The molecule has 0 aliphatic carbocycles. The van der Waals surface area contributed by atoms with Crippen molar-refractivity contribution in [3.63, 3.8) is 0 Å². The van der Waals surface area contributed by atoms with Crippen LogP contribution in [0.3, 0.4) is 0 Å². The first-order valence-electron chi connectivity index (χ1n) is 16.4. The SMILES string of the molecule is Cl.Cl.O=C(CN1CCN(C(=O)c2cc(C(F)(F)F)cc(C(F)(F)F)c2)[C@H](Cc2c[nH]c3ccccc23)C1)N1CCC([NH+]2CCCCC2)CC1. The van der Waals surface area contributed by atoms with Crippen molar-refractivity contribution in [2.75, 3.05) is 52.4 Å². The number of alkyl halides is 6. The summed E-state index contributed by atoms with van der Waals surface area (Å²) in [6.45, 7) is 4.47. The molecule has 3 aromatic rings. The zero-order chi connectivity index (χ0) is 33.3. The Morgan fingerprint density at radius 2 is 1.47 bits per heavy atom. The summed E-state index contributed by atoms with van der Waals surface area (Å²) >= 11 is 0. The number of rotatable bonds is 6. The van der Waals surface area contributed by atoms with Crippen molar-refractivity contribution >= 4 is 47.5 Å². The number of para-hydroxylation sites is 1. The molecule has 0 spiro atoms. The number of nitrogens with zero attached hydrogens (tertiary/aromatic N) is 3. The molecule has 2 amide bonds. The van der Waals surface area contributed by atoms with Crippen molar-refractivity contribution < 1.29 is 40.8 Å². The predicted octanol–water partition coefficient (Wildman–Crippen LogP) is 5.48. The van der Waals surface area contributed by atoms with E-state index in [0.717, 1.165) is 29.3 Å². The van der Waals surface area contributed by atoms with E-state index < -0.39 is 41.0 Å². The predicted molar refractivity (Wildman–Crippen MR) is 178 cm³/mol. The van der Waals surface area contributed by atoms with E-state index in [0.29, 0.717) is 37.7 Å². The van der Waals surface area contributed by atoms with Crippen LogP contribution < -0.4 is 4.90 Å². The van der Waals surface area contributed by atoms with Gasteiger partial charge in [0.1, 0.15) is 0 Å². The summed E-state index contributed by atoms with van der Waals surface area (Å²) in [5.74, 6) is -0.907. The van der Waals surface area contributed by atoms with Gasteiger partial charge in [-0.1, -0.05) is 18.2 Å². The third-order valence-corrected chi connectivity index (χ3v) is 10.1. The van der Waals surface area contributed by atoms with Crippen LogP contribution in [0.25, 0.3) is 10.9 Å². The summed E-state index contributed by atoms with van der Waals surface area (Å²) in [6, 6.07) is 8.53. The number of aromatic amines is 1. The van der Waals surface area contributed by atoms with Gasteiger partial charge in [-0.2, -0.15) is 26.3 Å². The number of hydrogen-bond donors (Lipinski definition) is 2. The highest BCUT2D eigenvalue weighted by molar-refractivity contribution is 5.95. The monoisotopic (exact) mass is 736 g/mol. The normalized spacial score (nSPS) is 20.2. The molecule has 2 aromatic carbocycles. The Labute approximate surface area is 293 Å². The Hall–Kier alpha value is -3.00. The number of amides is 2. The zero-order valence-corrected chi connectivity index (χ0v) is 28.5. The van der Waals surface area contributed by atoms with E-state index in [1.165, 1.54) is 37.3 Å². The maximum Gasteiger partial charge on any atom is 0.416 e. The van der Waals surface area contributed by atoms with Crippen molar-refractivity contribution in [2.24, 2.45) is 0 Å². The molecule has 4 heterocycles. The Bertz CT molecular complexity index is 1550. The van der Waals surface area contributed by atoms with Gasteiger partial charge in [0.15, 0.2) is 0 Å². The standard InChI is InChI=1S/C34H39F6N5O2.2ClH/c35-33(36,37)25-16-23(17-26(19-25)34(38,39)40)32(47)45-15-14-42(21-28(45)18-24-20-41-30-7-3-2-6-29(24)30)22-31(46)44-12-8-27(9-13-44)43-10-4-1-5-11-43;;/h2-3,6-7,16-17,19-20,27-28,41H,1,4-5,8-15,18,21-22H2;2*1H/p+1/t28-;;/m1../s1. The lowest BCUT2D eigenvalue weighted by Gasteiger charge is -2.42. The van der Waals surface area contributed by atoms with Crippen LogP contribution in [0.5, 0.6) is 0 Å². The molecule has 1 aromatic heterocycles. The van der Waals surface area contributed by atoms with Crippen LogP contribution in [-0.4, -0.2) is 95.9 Å². The van der Waals surface area contributed by atoms with E-state index in [1.807, 2.05) is 34.1 Å². The molecule has 3 aliphatic heterocycles. The second kappa shape index (κ2) is 15.9. The Kier molecular flexibility index (Phi) is 12.6. The Morgan fingerprint density at radius 3 is 2.10 bits per heavy atom. The summed E-state index contributed by atoms with van der Waals surface area (Å²) in [4.78, 5) is 37.3. The number of H-pyrrole nitrogens is 1. The zero-order valence-electron chi connectivity index (χ0n) is 26.9. The lowest BCUT2D eigenvalue weighted by molar-refractivity contribution is -0.931. The minimum absolute atomic E-state index is 0. The topological polar surface area (TPSA) is 64.1 Å². The molecule has 7 nitrogen and oxygen atoms in total. The number of benzene rings is 2. The van der Waals surface area contributed by atoms with E-state index in [9.17, 15) is 35.9 Å². The van der Waals surface area contributed by atoms with Gasteiger partial charge in [0.2, 0.25) is 5.91 Å². The van der Waals surface area contributed by atoms with Crippen LogP contribution >= 0.6 is 24.8 Å². The molecule has 0 unspecified atom stereocenters. The number of likely N-dealkylation sites (tertiary alicyclic amines) is 2. The van der Waals surface area contributed by atoms with Gasteiger partial charge >= 0.3 is 12.4 Å². The average Bonchev–Trinajstić information content (AvgIpc) is 3.46. The number of piperidine rings is 2. The summed E-state index contributed by atoms with van der Waals surface area (Å²) in [6.07, 6.45) is -2.32. The molecule has 3 aliphatic rings. The molecule has 49 heavy (non-hydrogen) atoms. The molecule has 15 heteroatoms. The maximum absolute atomic E-state index is 13.8. The fraction of sp³-hybridized carbons (Fsp3) is 0.529. The average molecular weight is 738 g/mol. The first-order valence-corrected chi connectivity index (χ1v) is 16.4. The van der Waals surface area contributed by atoms with E-state index in [1.54, 1.807) is 11.1 Å². The van der Waals surface area contributed by atoms with Gasteiger partial charge in [0, 0.05) is 74.3 Å². The second-order valence-electron chi connectivity index (χ2n) is 13.1. The van der Waals surface area contributed by atoms with Crippen molar-refractivity contribution in [3.8, 4) is 0 Å². The van der Waals surface area contributed by atoms with Gasteiger partial charge in [-0.3, -0.25) is 14.5 Å². The molecule has 0 saturated carbocycles. The van der Waals surface area contributed by atoms with E-state index >= 15 is 0 Å². The highest BCUT2D eigenvalue weighted by Crippen LogP contribution is 2.37. The molecular formula is C34H42Cl2F6N5O2+. The number of piperazine rings is 1. The largest absolute Gasteiger partial charge is 0.416 e. The highest BCUT2D eigenvalue weighted by atomic mass is 35.5. The molecule has 1 atom stereocenters. The molecule has 3 saturated heterocycles. The number of carbonyl (C=O) groups is 2. The number of quaternary nitrogens is 1. The third-order valence-electron chi connectivity index (χ3n) is 10.1. The molecule has 0 bridgehead atoms. The summed E-state index contributed by atoms with van der Waals surface area (Å²) in [5.41, 5.74) is -2.00. The van der Waals surface area contributed by atoms with Crippen LogP contribution in [0.2, 0.25) is 0 Å². The molecular weight excluding hydrogens is 695 g/mol. The molecule has 3 fully saturated rings. The number of nitrogens with one attached hydrogen (secondary N) is 2.